The molecule has 0 fully saturated rings. The molecule has 0 aromatic heterocycles. The van der Waals surface area contributed by atoms with E-state index in [4.69, 9.17) is 5.73 Å². The van der Waals surface area contributed by atoms with E-state index < -0.39 is 34.9 Å². The number of nitrogens with two attached hydrogens (primary N) is 1. The Morgan fingerprint density at radius 1 is 0.895 bits per heavy atom. The summed E-state index contributed by atoms with van der Waals surface area (Å²) in [6.07, 6.45) is 0. The molecule has 2 N–H and O–H groups in total. The Hall–Kier alpha value is -1.40. The van der Waals surface area contributed by atoms with Crippen LogP contribution in [0.3, 0.4) is 0 Å². The van der Waals surface area contributed by atoms with Gasteiger partial charge in [0.2, 0.25) is 0 Å². The topological polar surface area (TPSA) is 26.0 Å². The van der Waals surface area contributed by atoms with Crippen molar-refractivity contribution in [1.29, 1.82) is 0 Å². The number of hydrogen-bond acceptors (Lipinski definition) is 1. The lowest BCUT2D eigenvalue weighted by Crippen LogP contribution is -2.16. The molecule has 19 heavy (non-hydrogen) atoms. The van der Waals surface area contributed by atoms with Crippen LogP contribution >= 0.6 is 15.9 Å². The molecule has 0 saturated heterocycles. The van der Waals surface area contributed by atoms with E-state index in [0.717, 1.165) is 6.07 Å². The Labute approximate surface area is 115 Å². The zero-order chi connectivity index (χ0) is 14.2. The van der Waals surface area contributed by atoms with Crippen molar-refractivity contribution in [2.45, 2.75) is 6.04 Å². The first-order chi connectivity index (χ1) is 8.90. The first kappa shape index (κ1) is 14.0. The van der Waals surface area contributed by atoms with Crippen LogP contribution in [0.15, 0.2) is 34.8 Å². The van der Waals surface area contributed by atoms with Crippen LogP contribution in [0.2, 0.25) is 0 Å². The van der Waals surface area contributed by atoms with Gasteiger partial charge in [-0.2, -0.15) is 0 Å². The Morgan fingerprint density at radius 2 is 1.47 bits per heavy atom. The minimum atomic E-state index is -1.16. The van der Waals surface area contributed by atoms with Gasteiger partial charge in [-0.3, -0.25) is 0 Å². The molecule has 6 heteroatoms. The highest BCUT2D eigenvalue weighted by molar-refractivity contribution is 9.10. The van der Waals surface area contributed by atoms with Crippen molar-refractivity contribution in [3.63, 3.8) is 0 Å². The second-order valence-electron chi connectivity index (χ2n) is 3.93. The van der Waals surface area contributed by atoms with Gasteiger partial charge in [0.1, 0.15) is 23.3 Å². The quantitative estimate of drug-likeness (QED) is 0.824. The molecule has 1 atom stereocenters. The van der Waals surface area contributed by atoms with Crippen LogP contribution in [-0.4, -0.2) is 0 Å². The third kappa shape index (κ3) is 2.79. The monoisotopic (exact) mass is 333 g/mol. The summed E-state index contributed by atoms with van der Waals surface area (Å²) in [5.74, 6) is -3.70. The van der Waals surface area contributed by atoms with Crippen molar-refractivity contribution in [1.82, 2.24) is 0 Å². The lowest BCUT2D eigenvalue weighted by atomic mass is 9.98. The van der Waals surface area contributed by atoms with Crippen molar-refractivity contribution < 1.29 is 17.6 Å². The van der Waals surface area contributed by atoms with Crippen LogP contribution in [-0.2, 0) is 0 Å². The van der Waals surface area contributed by atoms with E-state index in [1.54, 1.807) is 0 Å². The number of hydrogen-bond donors (Lipinski definition) is 1. The lowest BCUT2D eigenvalue weighted by Gasteiger charge is -2.15. The van der Waals surface area contributed by atoms with Crippen molar-refractivity contribution in [3.05, 3.63) is 69.2 Å². The fraction of sp³-hybridized carbons (Fsp3) is 0.0769. The summed E-state index contributed by atoms with van der Waals surface area (Å²) >= 11 is 2.96. The minimum Gasteiger partial charge on any atom is -0.320 e. The predicted octanol–water partition coefficient (Wildman–Crippen LogP) is 4.05. The zero-order valence-corrected chi connectivity index (χ0v) is 11.0. The summed E-state index contributed by atoms with van der Waals surface area (Å²) in [5.41, 5.74) is 5.59. The van der Waals surface area contributed by atoms with Crippen LogP contribution in [0.5, 0.6) is 0 Å². The molecule has 1 nitrogen and oxygen atoms in total. The molecule has 100 valence electrons. The van der Waals surface area contributed by atoms with Gasteiger partial charge < -0.3 is 5.73 Å². The molecule has 0 aliphatic heterocycles. The average molecular weight is 334 g/mol. The molecule has 0 bridgehead atoms. The van der Waals surface area contributed by atoms with Gasteiger partial charge in [0.25, 0.3) is 0 Å². The SMILES string of the molecule is NC(c1ccc(F)c(Br)c1)c1c(F)cc(F)cc1F. The zero-order valence-electron chi connectivity index (χ0n) is 9.43. The maximum atomic E-state index is 13.6. The van der Waals surface area contributed by atoms with Gasteiger partial charge in [0.15, 0.2) is 0 Å². The summed E-state index contributed by atoms with van der Waals surface area (Å²) in [4.78, 5) is 0. The highest BCUT2D eigenvalue weighted by Crippen LogP contribution is 2.28. The molecule has 0 spiro atoms. The lowest BCUT2D eigenvalue weighted by molar-refractivity contribution is 0.515. The van der Waals surface area contributed by atoms with E-state index in [-0.39, 0.29) is 4.47 Å². The van der Waals surface area contributed by atoms with Gasteiger partial charge in [0, 0.05) is 17.7 Å². The largest absolute Gasteiger partial charge is 0.320 e. The number of halogens is 5. The summed E-state index contributed by atoms with van der Waals surface area (Å²) in [6.45, 7) is 0. The Kier molecular flexibility index (Phi) is 3.91. The molecule has 2 aromatic carbocycles. The van der Waals surface area contributed by atoms with E-state index in [0.29, 0.717) is 17.7 Å². The van der Waals surface area contributed by atoms with Crippen LogP contribution in [0, 0.1) is 23.3 Å². The molecule has 0 amide bonds. The van der Waals surface area contributed by atoms with Gasteiger partial charge in [-0.1, -0.05) is 6.07 Å². The molecule has 2 rings (SSSR count). The van der Waals surface area contributed by atoms with E-state index in [9.17, 15) is 17.6 Å². The third-order valence-corrected chi connectivity index (χ3v) is 3.27. The van der Waals surface area contributed by atoms with Crippen LogP contribution in [0.25, 0.3) is 0 Å². The highest BCUT2D eigenvalue weighted by Gasteiger charge is 2.20. The number of rotatable bonds is 2. The summed E-state index contributed by atoms with van der Waals surface area (Å²) < 4.78 is 53.2. The van der Waals surface area contributed by atoms with E-state index in [1.807, 2.05) is 0 Å². The maximum absolute atomic E-state index is 13.6. The summed E-state index contributed by atoms with van der Waals surface area (Å²) in [6, 6.07) is 3.71. The van der Waals surface area contributed by atoms with Crippen LogP contribution < -0.4 is 5.73 Å². The maximum Gasteiger partial charge on any atom is 0.137 e. The Morgan fingerprint density at radius 3 is 2.00 bits per heavy atom. The molecular formula is C13H8BrF4N. The summed E-state index contributed by atoms with van der Waals surface area (Å²) in [5, 5.41) is 0. The smallest absolute Gasteiger partial charge is 0.137 e. The molecule has 0 aliphatic rings. The Bertz CT molecular complexity index is 607. The first-order valence-corrected chi connectivity index (χ1v) is 6.04. The molecule has 0 heterocycles. The normalized spacial score (nSPS) is 12.5. The molecular weight excluding hydrogens is 326 g/mol. The van der Waals surface area contributed by atoms with Crippen molar-refractivity contribution >= 4 is 15.9 Å². The Balaban J connectivity index is 2.49. The second kappa shape index (κ2) is 5.30. The predicted molar refractivity (Wildman–Crippen MR) is 66.4 cm³/mol. The average Bonchev–Trinajstić information content (AvgIpc) is 2.31. The molecule has 2 aromatic rings. The van der Waals surface area contributed by atoms with Crippen molar-refractivity contribution in [2.24, 2.45) is 5.73 Å². The van der Waals surface area contributed by atoms with Crippen molar-refractivity contribution in [3.8, 4) is 0 Å². The fourth-order valence-electron chi connectivity index (χ4n) is 1.72. The van der Waals surface area contributed by atoms with E-state index in [1.165, 1.54) is 12.1 Å². The third-order valence-electron chi connectivity index (χ3n) is 2.66. The second-order valence-corrected chi connectivity index (χ2v) is 4.79. The van der Waals surface area contributed by atoms with E-state index >= 15 is 0 Å². The van der Waals surface area contributed by atoms with Gasteiger partial charge >= 0.3 is 0 Å². The standard InChI is InChI=1S/C13H8BrF4N/c14-8-3-6(1-2-9(8)16)13(19)12-10(17)4-7(15)5-11(12)18/h1-5,13H,19H2. The van der Waals surface area contributed by atoms with Crippen LogP contribution in [0.4, 0.5) is 17.6 Å². The first-order valence-electron chi connectivity index (χ1n) is 5.25. The molecule has 0 aliphatic carbocycles. The van der Waals surface area contributed by atoms with E-state index in [2.05, 4.69) is 15.9 Å². The fourth-order valence-corrected chi connectivity index (χ4v) is 2.12. The molecule has 0 radical (unpaired) electrons. The molecule has 1 unspecified atom stereocenters. The van der Waals surface area contributed by atoms with Crippen molar-refractivity contribution in [2.75, 3.05) is 0 Å². The number of benzene rings is 2. The molecule has 0 saturated carbocycles. The van der Waals surface area contributed by atoms with Crippen LogP contribution in [0.1, 0.15) is 17.2 Å². The van der Waals surface area contributed by atoms with Gasteiger partial charge in [-0.05, 0) is 33.6 Å². The van der Waals surface area contributed by atoms with Gasteiger partial charge in [-0.25, -0.2) is 17.6 Å². The van der Waals surface area contributed by atoms with Gasteiger partial charge in [0.05, 0.1) is 10.5 Å². The minimum absolute atomic E-state index is 0.128. The highest BCUT2D eigenvalue weighted by atomic mass is 79.9. The summed E-state index contributed by atoms with van der Waals surface area (Å²) in [7, 11) is 0. The van der Waals surface area contributed by atoms with Gasteiger partial charge in [-0.15, -0.1) is 0 Å².